The highest BCUT2D eigenvalue weighted by molar-refractivity contribution is 5.09. The van der Waals surface area contributed by atoms with Crippen molar-refractivity contribution < 1.29 is 4.74 Å². The van der Waals surface area contributed by atoms with Gasteiger partial charge in [0, 0.05) is 24.9 Å². The van der Waals surface area contributed by atoms with Crippen LogP contribution < -0.4 is 0 Å². The molecule has 0 aromatic carbocycles. The first-order valence-corrected chi connectivity index (χ1v) is 3.74. The molecule has 1 aromatic rings. The summed E-state index contributed by atoms with van der Waals surface area (Å²) in [5, 5.41) is 0. The highest BCUT2D eigenvalue weighted by Crippen LogP contribution is 1.98. The van der Waals surface area contributed by atoms with Crippen LogP contribution in [0.15, 0.2) is 18.2 Å². The SMILES string of the molecule is COCCc1cccc(C)n1. The van der Waals surface area contributed by atoms with Crippen molar-refractivity contribution >= 4 is 0 Å². The van der Waals surface area contributed by atoms with E-state index in [0.29, 0.717) is 0 Å². The Bertz CT molecular complexity index is 223. The molecule has 0 spiro atoms. The smallest absolute Gasteiger partial charge is 0.0517 e. The van der Waals surface area contributed by atoms with Gasteiger partial charge in [0.05, 0.1) is 6.61 Å². The van der Waals surface area contributed by atoms with E-state index in [1.165, 1.54) is 0 Å². The minimum atomic E-state index is 0.746. The summed E-state index contributed by atoms with van der Waals surface area (Å²) >= 11 is 0. The number of nitrogens with zero attached hydrogens (tertiary/aromatic N) is 1. The number of aryl methyl sites for hydroxylation is 1. The van der Waals surface area contributed by atoms with Gasteiger partial charge in [-0.1, -0.05) is 6.07 Å². The minimum Gasteiger partial charge on any atom is -0.384 e. The molecule has 2 heteroatoms. The zero-order valence-corrected chi connectivity index (χ0v) is 7.00. The van der Waals surface area contributed by atoms with Gasteiger partial charge in [0.15, 0.2) is 0 Å². The fourth-order valence-corrected chi connectivity index (χ4v) is 0.945. The van der Waals surface area contributed by atoms with Gasteiger partial charge < -0.3 is 4.74 Å². The van der Waals surface area contributed by atoms with Crippen molar-refractivity contribution in [3.8, 4) is 0 Å². The van der Waals surface area contributed by atoms with Crippen LogP contribution in [-0.2, 0) is 11.2 Å². The average molecular weight is 151 g/mol. The second kappa shape index (κ2) is 4.09. The van der Waals surface area contributed by atoms with Crippen molar-refractivity contribution in [3.63, 3.8) is 0 Å². The molecule has 0 atom stereocenters. The van der Waals surface area contributed by atoms with E-state index in [1.54, 1.807) is 7.11 Å². The first-order chi connectivity index (χ1) is 5.33. The van der Waals surface area contributed by atoms with Crippen molar-refractivity contribution in [2.24, 2.45) is 0 Å². The van der Waals surface area contributed by atoms with E-state index >= 15 is 0 Å². The zero-order valence-electron chi connectivity index (χ0n) is 7.00. The number of ether oxygens (including phenoxy) is 1. The number of aromatic nitrogens is 1. The molecule has 0 N–H and O–H groups in total. The molecule has 0 unspecified atom stereocenters. The molecule has 60 valence electrons. The van der Waals surface area contributed by atoms with Crippen LogP contribution >= 0.6 is 0 Å². The molecule has 1 aromatic heterocycles. The van der Waals surface area contributed by atoms with E-state index < -0.39 is 0 Å². The first kappa shape index (κ1) is 8.21. The largest absolute Gasteiger partial charge is 0.384 e. The van der Waals surface area contributed by atoms with Crippen LogP contribution in [-0.4, -0.2) is 18.7 Å². The number of methoxy groups -OCH3 is 1. The molecule has 0 aliphatic rings. The lowest BCUT2D eigenvalue weighted by molar-refractivity contribution is 0.201. The Kier molecular flexibility index (Phi) is 3.05. The Morgan fingerprint density at radius 3 is 2.91 bits per heavy atom. The van der Waals surface area contributed by atoms with E-state index in [4.69, 9.17) is 4.74 Å². The average Bonchev–Trinajstić information content (AvgIpc) is 2.01. The van der Waals surface area contributed by atoms with Crippen LogP contribution in [0.2, 0.25) is 0 Å². The highest BCUT2D eigenvalue weighted by Gasteiger charge is 1.92. The van der Waals surface area contributed by atoms with Crippen molar-refractivity contribution in [2.75, 3.05) is 13.7 Å². The van der Waals surface area contributed by atoms with Crippen molar-refractivity contribution in [2.45, 2.75) is 13.3 Å². The third kappa shape index (κ3) is 2.68. The summed E-state index contributed by atoms with van der Waals surface area (Å²) in [6.07, 6.45) is 0.901. The zero-order chi connectivity index (χ0) is 8.10. The van der Waals surface area contributed by atoms with Crippen molar-refractivity contribution in [3.05, 3.63) is 29.6 Å². The Labute approximate surface area is 67.2 Å². The summed E-state index contributed by atoms with van der Waals surface area (Å²) in [4.78, 5) is 4.33. The van der Waals surface area contributed by atoms with E-state index in [1.807, 2.05) is 25.1 Å². The maximum Gasteiger partial charge on any atom is 0.0517 e. The summed E-state index contributed by atoms with van der Waals surface area (Å²) < 4.78 is 4.95. The molecule has 2 nitrogen and oxygen atoms in total. The standard InChI is InChI=1S/C9H13NO/c1-8-4-3-5-9(10-8)6-7-11-2/h3-5H,6-7H2,1-2H3. The normalized spacial score (nSPS) is 10.0. The monoisotopic (exact) mass is 151 g/mol. The van der Waals surface area contributed by atoms with Gasteiger partial charge in [-0.3, -0.25) is 4.98 Å². The topological polar surface area (TPSA) is 22.1 Å². The molecule has 0 aliphatic heterocycles. The fraction of sp³-hybridized carbons (Fsp3) is 0.444. The van der Waals surface area contributed by atoms with Gasteiger partial charge in [-0.25, -0.2) is 0 Å². The van der Waals surface area contributed by atoms with Gasteiger partial charge in [0.25, 0.3) is 0 Å². The van der Waals surface area contributed by atoms with Gasteiger partial charge in [0.1, 0.15) is 0 Å². The van der Waals surface area contributed by atoms with Crippen LogP contribution in [0.4, 0.5) is 0 Å². The quantitative estimate of drug-likeness (QED) is 0.654. The highest BCUT2D eigenvalue weighted by atomic mass is 16.5. The van der Waals surface area contributed by atoms with E-state index in [9.17, 15) is 0 Å². The lowest BCUT2D eigenvalue weighted by Crippen LogP contribution is -1.97. The Morgan fingerprint density at radius 1 is 1.45 bits per heavy atom. The van der Waals surface area contributed by atoms with Crippen molar-refractivity contribution in [1.29, 1.82) is 0 Å². The third-order valence-corrected chi connectivity index (χ3v) is 1.51. The lowest BCUT2D eigenvalue weighted by atomic mass is 10.2. The van der Waals surface area contributed by atoms with Crippen LogP contribution in [0.1, 0.15) is 11.4 Å². The molecule has 0 radical (unpaired) electrons. The molecule has 0 fully saturated rings. The maximum atomic E-state index is 4.95. The summed E-state index contributed by atoms with van der Waals surface area (Å²) in [6.45, 7) is 2.74. The lowest BCUT2D eigenvalue weighted by Gasteiger charge is -1.99. The Hall–Kier alpha value is -0.890. The second-order valence-electron chi connectivity index (χ2n) is 2.51. The molecule has 0 amide bonds. The van der Waals surface area contributed by atoms with Crippen molar-refractivity contribution in [1.82, 2.24) is 4.98 Å². The summed E-state index contributed by atoms with van der Waals surface area (Å²) in [5.41, 5.74) is 2.17. The molecule has 0 saturated heterocycles. The fourth-order valence-electron chi connectivity index (χ4n) is 0.945. The molecular formula is C9H13NO. The predicted octanol–water partition coefficient (Wildman–Crippen LogP) is 1.58. The predicted molar refractivity (Wildman–Crippen MR) is 44.6 cm³/mol. The van der Waals surface area contributed by atoms with Gasteiger partial charge >= 0.3 is 0 Å². The number of hydrogen-bond acceptors (Lipinski definition) is 2. The van der Waals surface area contributed by atoms with Gasteiger partial charge in [-0.2, -0.15) is 0 Å². The molecular weight excluding hydrogens is 138 g/mol. The Balaban J connectivity index is 2.56. The summed E-state index contributed by atoms with van der Waals surface area (Å²) in [5.74, 6) is 0. The second-order valence-corrected chi connectivity index (χ2v) is 2.51. The van der Waals surface area contributed by atoms with Crippen LogP contribution in [0, 0.1) is 6.92 Å². The Morgan fingerprint density at radius 2 is 2.27 bits per heavy atom. The number of rotatable bonds is 3. The summed E-state index contributed by atoms with van der Waals surface area (Å²) in [6, 6.07) is 6.04. The third-order valence-electron chi connectivity index (χ3n) is 1.51. The molecule has 1 rings (SSSR count). The maximum absolute atomic E-state index is 4.95. The van der Waals surface area contributed by atoms with E-state index in [0.717, 1.165) is 24.4 Å². The van der Waals surface area contributed by atoms with Crippen LogP contribution in [0.5, 0.6) is 0 Å². The van der Waals surface area contributed by atoms with E-state index in [2.05, 4.69) is 4.98 Å². The van der Waals surface area contributed by atoms with Crippen LogP contribution in [0.25, 0.3) is 0 Å². The molecule has 0 aliphatic carbocycles. The molecule has 11 heavy (non-hydrogen) atoms. The first-order valence-electron chi connectivity index (χ1n) is 3.74. The molecule has 0 bridgehead atoms. The molecule has 0 saturated carbocycles. The number of hydrogen-bond donors (Lipinski definition) is 0. The summed E-state index contributed by atoms with van der Waals surface area (Å²) in [7, 11) is 1.70. The van der Waals surface area contributed by atoms with Gasteiger partial charge in [-0.05, 0) is 19.1 Å². The minimum absolute atomic E-state index is 0.746. The van der Waals surface area contributed by atoms with Crippen LogP contribution in [0.3, 0.4) is 0 Å². The molecule has 1 heterocycles. The van der Waals surface area contributed by atoms with Gasteiger partial charge in [-0.15, -0.1) is 0 Å². The number of pyridine rings is 1. The van der Waals surface area contributed by atoms with E-state index in [-0.39, 0.29) is 0 Å². The van der Waals surface area contributed by atoms with Gasteiger partial charge in [0.2, 0.25) is 0 Å².